The molecule has 2 aromatic rings. The van der Waals surface area contributed by atoms with E-state index in [0.717, 1.165) is 0 Å². The van der Waals surface area contributed by atoms with Crippen molar-refractivity contribution in [2.75, 3.05) is 0 Å². The number of hydrogen-bond donors (Lipinski definition) is 0. The minimum absolute atomic E-state index is 0.138. The van der Waals surface area contributed by atoms with E-state index in [4.69, 9.17) is 11.6 Å². The highest BCUT2D eigenvalue weighted by molar-refractivity contribution is 6.20. The van der Waals surface area contributed by atoms with Crippen molar-refractivity contribution >= 4 is 11.6 Å². The first-order valence-corrected chi connectivity index (χ1v) is 5.27. The molecule has 0 amide bonds. The van der Waals surface area contributed by atoms with Gasteiger partial charge in [-0.15, -0.1) is 11.6 Å². The Morgan fingerprint density at radius 3 is 1.84 bits per heavy atom. The second-order valence-electron chi connectivity index (χ2n) is 3.52. The first-order chi connectivity index (χ1) is 8.84. The van der Waals surface area contributed by atoms with Crippen LogP contribution in [0, 0.1) is 29.1 Å². The molecule has 0 N–H and O–H groups in total. The summed E-state index contributed by atoms with van der Waals surface area (Å²) in [4.78, 5) is 3.47. The molecule has 1 heterocycles. The highest BCUT2D eigenvalue weighted by Gasteiger charge is 2.30. The predicted octanol–water partition coefficient (Wildman–Crippen LogP) is 3.73. The highest BCUT2D eigenvalue weighted by Crippen LogP contribution is 2.31. The van der Waals surface area contributed by atoms with Crippen molar-refractivity contribution in [3.8, 4) is 11.5 Å². The summed E-state index contributed by atoms with van der Waals surface area (Å²) in [6, 6.07) is 0. The quantitative estimate of drug-likeness (QED) is 0.367. The Kier molecular flexibility index (Phi) is 3.44. The predicted molar refractivity (Wildman–Crippen MR) is 53.8 cm³/mol. The van der Waals surface area contributed by atoms with Gasteiger partial charge in [0, 0.05) is 0 Å². The van der Waals surface area contributed by atoms with Crippen molar-refractivity contribution in [3.05, 3.63) is 34.9 Å². The van der Waals surface area contributed by atoms with E-state index in [2.05, 4.69) is 14.7 Å². The lowest BCUT2D eigenvalue weighted by Gasteiger charge is -2.03. The van der Waals surface area contributed by atoms with Gasteiger partial charge in [0.1, 0.15) is 5.56 Å². The van der Waals surface area contributed by atoms with E-state index in [9.17, 15) is 22.0 Å². The standard InChI is InChI=1S/C10H4ClF5N2O/c1-2(11)9-17-10(19-18-9)3-4(12)6(14)8(16)7(15)5(3)13/h2H,1H3. The van der Waals surface area contributed by atoms with E-state index in [1.165, 1.54) is 6.92 Å². The van der Waals surface area contributed by atoms with Gasteiger partial charge in [0.2, 0.25) is 5.82 Å². The molecule has 1 aromatic carbocycles. The largest absolute Gasteiger partial charge is 0.334 e. The molecule has 1 unspecified atom stereocenters. The third kappa shape index (κ3) is 2.16. The van der Waals surface area contributed by atoms with Gasteiger partial charge in [-0.05, 0) is 6.92 Å². The molecule has 19 heavy (non-hydrogen) atoms. The van der Waals surface area contributed by atoms with Crippen LogP contribution in [0.3, 0.4) is 0 Å². The van der Waals surface area contributed by atoms with Crippen LogP contribution in [0.1, 0.15) is 18.1 Å². The third-order valence-electron chi connectivity index (χ3n) is 2.22. The molecule has 3 nitrogen and oxygen atoms in total. The lowest BCUT2D eigenvalue weighted by molar-refractivity contribution is 0.372. The second kappa shape index (κ2) is 4.76. The molecule has 1 aromatic heterocycles. The second-order valence-corrected chi connectivity index (χ2v) is 4.17. The lowest BCUT2D eigenvalue weighted by Crippen LogP contribution is -2.04. The zero-order valence-electron chi connectivity index (χ0n) is 9.15. The molecule has 0 bridgehead atoms. The topological polar surface area (TPSA) is 38.9 Å². The van der Waals surface area contributed by atoms with E-state index in [1.807, 2.05) is 0 Å². The Bertz CT molecular complexity index is 614. The number of rotatable bonds is 2. The molecule has 0 spiro atoms. The molecule has 9 heteroatoms. The molecule has 0 aliphatic heterocycles. The van der Waals surface area contributed by atoms with Gasteiger partial charge in [-0.3, -0.25) is 0 Å². The van der Waals surface area contributed by atoms with Crippen molar-refractivity contribution in [1.82, 2.24) is 10.1 Å². The average Bonchev–Trinajstić information content (AvgIpc) is 2.84. The van der Waals surface area contributed by atoms with Crippen LogP contribution in [0.25, 0.3) is 11.5 Å². The zero-order chi connectivity index (χ0) is 14.3. The average molecular weight is 299 g/mol. The van der Waals surface area contributed by atoms with Crippen molar-refractivity contribution in [2.45, 2.75) is 12.3 Å². The number of benzene rings is 1. The zero-order valence-corrected chi connectivity index (χ0v) is 9.90. The summed E-state index contributed by atoms with van der Waals surface area (Å²) in [6.45, 7) is 1.44. The van der Waals surface area contributed by atoms with Crippen LogP contribution in [0.5, 0.6) is 0 Å². The van der Waals surface area contributed by atoms with Crippen molar-refractivity contribution in [3.63, 3.8) is 0 Å². The van der Waals surface area contributed by atoms with E-state index < -0.39 is 45.9 Å². The van der Waals surface area contributed by atoms with Crippen molar-refractivity contribution < 1.29 is 26.5 Å². The molecule has 1 atom stereocenters. The van der Waals surface area contributed by atoms with Gasteiger partial charge in [0.25, 0.3) is 5.89 Å². The molecule has 0 saturated heterocycles. The number of aromatic nitrogens is 2. The van der Waals surface area contributed by atoms with Crippen molar-refractivity contribution in [2.24, 2.45) is 0 Å². The minimum Gasteiger partial charge on any atom is -0.334 e. The van der Waals surface area contributed by atoms with Crippen LogP contribution in [0.4, 0.5) is 22.0 Å². The number of hydrogen-bond acceptors (Lipinski definition) is 3. The summed E-state index contributed by atoms with van der Waals surface area (Å²) >= 11 is 5.59. The van der Waals surface area contributed by atoms with Gasteiger partial charge in [0.15, 0.2) is 29.1 Å². The van der Waals surface area contributed by atoms with Gasteiger partial charge in [-0.25, -0.2) is 22.0 Å². The Balaban J connectivity index is 2.68. The van der Waals surface area contributed by atoms with E-state index in [-0.39, 0.29) is 5.82 Å². The Morgan fingerprint density at radius 2 is 1.42 bits per heavy atom. The summed E-state index contributed by atoms with van der Waals surface area (Å²) in [7, 11) is 0. The Morgan fingerprint density at radius 1 is 0.947 bits per heavy atom. The highest BCUT2D eigenvalue weighted by atomic mass is 35.5. The molecule has 0 aliphatic rings. The van der Waals surface area contributed by atoms with Crippen molar-refractivity contribution in [1.29, 1.82) is 0 Å². The fourth-order valence-corrected chi connectivity index (χ4v) is 1.38. The van der Waals surface area contributed by atoms with Gasteiger partial charge >= 0.3 is 0 Å². The Labute approximate surface area is 108 Å². The van der Waals surface area contributed by atoms with Crippen LogP contribution in [0.15, 0.2) is 4.52 Å². The SMILES string of the molecule is CC(Cl)c1noc(-c2c(F)c(F)c(F)c(F)c2F)n1. The minimum atomic E-state index is -2.26. The molecular weight excluding hydrogens is 295 g/mol. The normalized spacial score (nSPS) is 12.8. The fraction of sp³-hybridized carbons (Fsp3) is 0.200. The van der Waals surface area contributed by atoms with Crippen LogP contribution in [-0.4, -0.2) is 10.1 Å². The molecule has 102 valence electrons. The number of nitrogens with zero attached hydrogens (tertiary/aromatic N) is 2. The summed E-state index contributed by atoms with van der Waals surface area (Å²) in [6.07, 6.45) is 0. The first-order valence-electron chi connectivity index (χ1n) is 4.84. The van der Waals surface area contributed by atoms with Gasteiger partial charge in [0.05, 0.1) is 5.38 Å². The molecule has 0 radical (unpaired) electrons. The van der Waals surface area contributed by atoms with Crippen LogP contribution in [-0.2, 0) is 0 Å². The third-order valence-corrected chi connectivity index (χ3v) is 2.42. The number of alkyl halides is 1. The maximum Gasteiger partial charge on any atom is 0.264 e. The van der Waals surface area contributed by atoms with E-state index in [1.54, 1.807) is 0 Å². The summed E-state index contributed by atoms with van der Waals surface area (Å²) in [5.74, 6) is -11.5. The fourth-order valence-electron chi connectivity index (χ4n) is 1.29. The number of halogens is 6. The van der Waals surface area contributed by atoms with Crippen LogP contribution < -0.4 is 0 Å². The maximum absolute atomic E-state index is 13.4. The van der Waals surface area contributed by atoms with E-state index in [0.29, 0.717) is 0 Å². The summed E-state index contributed by atoms with van der Waals surface area (Å²) in [5, 5.41) is 2.51. The first kappa shape index (κ1) is 13.7. The molecule has 0 aliphatic carbocycles. The van der Waals surface area contributed by atoms with Crippen LogP contribution in [0.2, 0.25) is 0 Å². The summed E-state index contributed by atoms with van der Waals surface area (Å²) in [5.41, 5.74) is -1.28. The molecule has 0 saturated carbocycles. The molecular formula is C10H4ClF5N2O. The molecule has 2 rings (SSSR count). The lowest BCUT2D eigenvalue weighted by atomic mass is 10.1. The monoisotopic (exact) mass is 298 g/mol. The Hall–Kier alpha value is -1.70. The van der Waals surface area contributed by atoms with E-state index >= 15 is 0 Å². The van der Waals surface area contributed by atoms with Gasteiger partial charge in [-0.2, -0.15) is 4.98 Å². The van der Waals surface area contributed by atoms with Gasteiger partial charge in [-0.1, -0.05) is 5.16 Å². The van der Waals surface area contributed by atoms with Crippen LogP contribution >= 0.6 is 11.6 Å². The smallest absolute Gasteiger partial charge is 0.264 e. The molecule has 0 fully saturated rings. The van der Waals surface area contributed by atoms with Gasteiger partial charge < -0.3 is 4.52 Å². The maximum atomic E-state index is 13.4. The summed E-state index contributed by atoms with van der Waals surface area (Å²) < 4.78 is 70.1.